The Bertz CT molecular complexity index is 584. The molecule has 1 heterocycles. The molecule has 0 atom stereocenters. The number of aryl methyl sites for hydroxylation is 1. The maximum Gasteiger partial charge on any atom is 0.254 e. The minimum atomic E-state index is -0.580. The van der Waals surface area contributed by atoms with Gasteiger partial charge in [0.2, 0.25) is 0 Å². The first-order valence-electron chi connectivity index (χ1n) is 5.14. The molecule has 5 nitrogen and oxygen atoms in total. The maximum atomic E-state index is 13.6. The van der Waals surface area contributed by atoms with Crippen LogP contribution in [0.4, 0.5) is 4.39 Å². The molecular formula is C11H10BrFN4O. The molecule has 0 unspecified atom stereocenters. The van der Waals surface area contributed by atoms with Crippen LogP contribution in [0.15, 0.2) is 29.0 Å². The van der Waals surface area contributed by atoms with Crippen molar-refractivity contribution in [3.8, 4) is 0 Å². The summed E-state index contributed by atoms with van der Waals surface area (Å²) in [5.41, 5.74) is -0.0136. The average molecular weight is 313 g/mol. The summed E-state index contributed by atoms with van der Waals surface area (Å²) >= 11 is 3.03. The number of aromatic nitrogens is 3. The summed E-state index contributed by atoms with van der Waals surface area (Å²) in [4.78, 5) is 15.7. The van der Waals surface area contributed by atoms with E-state index in [1.165, 1.54) is 23.1 Å². The van der Waals surface area contributed by atoms with Crippen LogP contribution in [0.5, 0.6) is 0 Å². The van der Waals surface area contributed by atoms with E-state index in [1.807, 2.05) is 0 Å². The Morgan fingerprint density at radius 2 is 2.33 bits per heavy atom. The fourth-order valence-electron chi connectivity index (χ4n) is 1.40. The van der Waals surface area contributed by atoms with E-state index < -0.39 is 11.7 Å². The molecule has 1 N–H and O–H groups in total. The highest BCUT2D eigenvalue weighted by Crippen LogP contribution is 2.18. The Kier molecular flexibility index (Phi) is 3.71. The second-order valence-electron chi connectivity index (χ2n) is 3.62. The molecule has 0 aliphatic rings. The van der Waals surface area contributed by atoms with Crippen molar-refractivity contribution in [2.24, 2.45) is 7.05 Å². The molecule has 0 saturated heterocycles. The van der Waals surface area contributed by atoms with E-state index in [1.54, 1.807) is 13.1 Å². The van der Waals surface area contributed by atoms with Crippen molar-refractivity contribution in [2.75, 3.05) is 0 Å². The number of rotatable bonds is 3. The first kappa shape index (κ1) is 12.7. The Morgan fingerprint density at radius 1 is 1.56 bits per heavy atom. The highest BCUT2D eigenvalue weighted by Gasteiger charge is 2.13. The summed E-state index contributed by atoms with van der Waals surface area (Å²) in [6, 6.07) is 4.55. The topological polar surface area (TPSA) is 59.8 Å². The highest BCUT2D eigenvalue weighted by atomic mass is 79.9. The lowest BCUT2D eigenvalue weighted by Gasteiger charge is -2.05. The lowest BCUT2D eigenvalue weighted by Crippen LogP contribution is -2.24. The monoisotopic (exact) mass is 312 g/mol. The largest absolute Gasteiger partial charge is 0.345 e. The summed E-state index contributed by atoms with van der Waals surface area (Å²) in [5, 5.41) is 6.56. The molecule has 7 heteroatoms. The molecule has 2 rings (SSSR count). The van der Waals surface area contributed by atoms with Crippen LogP contribution in [0, 0.1) is 5.82 Å². The van der Waals surface area contributed by atoms with Gasteiger partial charge in [0.25, 0.3) is 5.91 Å². The molecule has 0 fully saturated rings. The summed E-state index contributed by atoms with van der Waals surface area (Å²) in [7, 11) is 1.73. The Labute approximate surface area is 111 Å². The summed E-state index contributed by atoms with van der Waals surface area (Å²) in [6.07, 6.45) is 1.53. The number of nitrogens with zero attached hydrogens (tertiary/aromatic N) is 3. The van der Waals surface area contributed by atoms with Crippen molar-refractivity contribution in [2.45, 2.75) is 6.54 Å². The van der Waals surface area contributed by atoms with Gasteiger partial charge in [-0.05, 0) is 28.1 Å². The minimum absolute atomic E-state index is 0.0136. The van der Waals surface area contributed by atoms with Gasteiger partial charge in [-0.25, -0.2) is 9.37 Å². The Balaban J connectivity index is 2.06. The number of carbonyl (C=O) groups is 1. The third-order valence-electron chi connectivity index (χ3n) is 2.25. The smallest absolute Gasteiger partial charge is 0.254 e. The van der Waals surface area contributed by atoms with Gasteiger partial charge in [-0.3, -0.25) is 9.48 Å². The van der Waals surface area contributed by atoms with Gasteiger partial charge in [-0.2, -0.15) is 5.10 Å². The first-order chi connectivity index (χ1) is 8.58. The van der Waals surface area contributed by atoms with Gasteiger partial charge in [0.1, 0.15) is 12.1 Å². The van der Waals surface area contributed by atoms with E-state index in [-0.39, 0.29) is 16.6 Å². The van der Waals surface area contributed by atoms with E-state index in [0.717, 1.165) is 0 Å². The molecule has 1 amide bonds. The number of hydrogen-bond acceptors (Lipinski definition) is 3. The molecule has 0 bridgehead atoms. The average Bonchev–Trinajstić information content (AvgIpc) is 2.76. The van der Waals surface area contributed by atoms with E-state index in [2.05, 4.69) is 31.3 Å². The molecule has 1 aromatic heterocycles. The number of nitrogens with one attached hydrogen (secondary N) is 1. The predicted molar refractivity (Wildman–Crippen MR) is 66.3 cm³/mol. The van der Waals surface area contributed by atoms with Gasteiger partial charge >= 0.3 is 0 Å². The van der Waals surface area contributed by atoms with E-state index in [0.29, 0.717) is 5.82 Å². The third-order valence-corrected chi connectivity index (χ3v) is 2.86. The predicted octanol–water partition coefficient (Wildman–Crippen LogP) is 1.65. The number of carbonyl (C=O) groups excluding carboxylic acids is 1. The fourth-order valence-corrected chi connectivity index (χ4v) is 1.76. The van der Waals surface area contributed by atoms with Gasteiger partial charge in [0, 0.05) is 7.05 Å². The minimum Gasteiger partial charge on any atom is -0.345 e. The maximum absolute atomic E-state index is 13.6. The molecule has 1 aromatic carbocycles. The SMILES string of the molecule is Cn1cnc(CNC(=O)c2cccc(Br)c2F)n1. The third kappa shape index (κ3) is 2.73. The molecule has 0 saturated carbocycles. The zero-order valence-electron chi connectivity index (χ0n) is 9.52. The van der Waals surface area contributed by atoms with Crippen molar-refractivity contribution in [3.63, 3.8) is 0 Å². The van der Waals surface area contributed by atoms with Crippen LogP contribution < -0.4 is 5.32 Å². The zero-order chi connectivity index (χ0) is 13.1. The van der Waals surface area contributed by atoms with Crippen LogP contribution in [0.25, 0.3) is 0 Å². The molecule has 0 aliphatic carbocycles. The van der Waals surface area contributed by atoms with Crippen molar-refractivity contribution < 1.29 is 9.18 Å². The van der Waals surface area contributed by atoms with Gasteiger partial charge in [-0.1, -0.05) is 6.07 Å². The van der Waals surface area contributed by atoms with Crippen LogP contribution in [0.3, 0.4) is 0 Å². The van der Waals surface area contributed by atoms with Crippen LogP contribution in [-0.4, -0.2) is 20.7 Å². The van der Waals surface area contributed by atoms with Crippen molar-refractivity contribution in [3.05, 3.63) is 46.2 Å². The lowest BCUT2D eigenvalue weighted by atomic mass is 10.2. The van der Waals surface area contributed by atoms with Gasteiger partial charge < -0.3 is 5.32 Å². The van der Waals surface area contributed by atoms with Gasteiger partial charge in [-0.15, -0.1) is 0 Å². The van der Waals surface area contributed by atoms with E-state index in [4.69, 9.17) is 0 Å². The Hall–Kier alpha value is -1.76. The van der Waals surface area contributed by atoms with Crippen molar-refractivity contribution >= 4 is 21.8 Å². The first-order valence-corrected chi connectivity index (χ1v) is 5.94. The summed E-state index contributed by atoms with van der Waals surface area (Å²) in [5.74, 6) is -0.605. The van der Waals surface area contributed by atoms with E-state index >= 15 is 0 Å². The second-order valence-corrected chi connectivity index (χ2v) is 4.47. The van der Waals surface area contributed by atoms with Crippen LogP contribution in [-0.2, 0) is 13.6 Å². The molecule has 0 aliphatic heterocycles. The number of hydrogen-bond donors (Lipinski definition) is 1. The molecule has 2 aromatic rings. The normalized spacial score (nSPS) is 10.4. The fraction of sp³-hybridized carbons (Fsp3) is 0.182. The molecule has 18 heavy (non-hydrogen) atoms. The van der Waals surface area contributed by atoms with Crippen molar-refractivity contribution in [1.29, 1.82) is 0 Å². The number of halogens is 2. The zero-order valence-corrected chi connectivity index (χ0v) is 11.1. The number of benzene rings is 1. The standard InChI is InChI=1S/C11H10BrFN4O/c1-17-6-15-9(16-17)5-14-11(18)7-3-2-4-8(12)10(7)13/h2-4,6H,5H2,1H3,(H,14,18). The Morgan fingerprint density at radius 3 is 3.00 bits per heavy atom. The molecule has 0 spiro atoms. The van der Waals surface area contributed by atoms with Gasteiger partial charge in [0.15, 0.2) is 5.82 Å². The van der Waals surface area contributed by atoms with Gasteiger partial charge in [0.05, 0.1) is 16.6 Å². The molecule has 0 radical (unpaired) electrons. The van der Waals surface area contributed by atoms with Crippen molar-refractivity contribution in [1.82, 2.24) is 20.1 Å². The summed E-state index contributed by atoms with van der Waals surface area (Å²) in [6.45, 7) is 0.158. The highest BCUT2D eigenvalue weighted by molar-refractivity contribution is 9.10. The lowest BCUT2D eigenvalue weighted by molar-refractivity contribution is 0.0945. The summed E-state index contributed by atoms with van der Waals surface area (Å²) < 4.78 is 15.4. The molecule has 94 valence electrons. The molecular weight excluding hydrogens is 303 g/mol. The van der Waals surface area contributed by atoms with Crippen LogP contribution >= 0.6 is 15.9 Å². The number of amides is 1. The van der Waals surface area contributed by atoms with E-state index in [9.17, 15) is 9.18 Å². The quantitative estimate of drug-likeness (QED) is 0.937. The van der Waals surface area contributed by atoms with Crippen LogP contribution in [0.1, 0.15) is 16.2 Å². The van der Waals surface area contributed by atoms with Crippen LogP contribution in [0.2, 0.25) is 0 Å². The second kappa shape index (κ2) is 5.26.